The molecule has 0 heterocycles. The van der Waals surface area contributed by atoms with E-state index < -0.39 is 0 Å². The molecular formula is C10H27N3O+2. The summed E-state index contributed by atoms with van der Waals surface area (Å²) >= 11 is 0. The van der Waals surface area contributed by atoms with Crippen LogP contribution in [-0.4, -0.2) is 82.2 Å². The lowest BCUT2D eigenvalue weighted by atomic mass is 10.3. The summed E-state index contributed by atoms with van der Waals surface area (Å²) in [6.45, 7) is 2.47. The second kappa shape index (κ2) is 5.07. The van der Waals surface area contributed by atoms with Gasteiger partial charge in [0.05, 0.1) is 35.2 Å². The number of aliphatic hydroxyl groups is 1. The number of hydrogen-bond acceptors (Lipinski definition) is 2. The van der Waals surface area contributed by atoms with Gasteiger partial charge in [-0.2, -0.15) is 0 Å². The normalized spacial score (nSPS) is 15.6. The van der Waals surface area contributed by atoms with E-state index in [1.807, 2.05) is 7.05 Å². The number of nitrogens with one attached hydrogen (secondary N) is 1. The predicted molar refractivity (Wildman–Crippen MR) is 59.8 cm³/mol. The maximum atomic E-state index is 9.89. The molecule has 86 valence electrons. The van der Waals surface area contributed by atoms with Gasteiger partial charge < -0.3 is 14.1 Å². The number of aliphatic hydroxyl groups excluding tert-OH is 1. The van der Waals surface area contributed by atoms with Gasteiger partial charge in [0.1, 0.15) is 19.8 Å². The second-order valence-corrected chi connectivity index (χ2v) is 5.76. The van der Waals surface area contributed by atoms with Gasteiger partial charge >= 0.3 is 0 Å². The Morgan fingerprint density at radius 3 is 1.93 bits per heavy atom. The Kier molecular flexibility index (Phi) is 5.01. The summed E-state index contributed by atoms with van der Waals surface area (Å²) in [6.07, 6.45) is -0.238. The minimum atomic E-state index is -0.238. The van der Waals surface area contributed by atoms with Crippen molar-refractivity contribution < 1.29 is 14.1 Å². The lowest BCUT2D eigenvalue weighted by Crippen LogP contribution is -2.53. The van der Waals surface area contributed by atoms with Crippen LogP contribution in [-0.2, 0) is 0 Å². The Hall–Kier alpha value is -0.160. The average molecular weight is 205 g/mol. The molecule has 0 amide bonds. The van der Waals surface area contributed by atoms with Gasteiger partial charge in [0.15, 0.2) is 6.10 Å². The van der Waals surface area contributed by atoms with Crippen LogP contribution in [0, 0.1) is 0 Å². The van der Waals surface area contributed by atoms with E-state index in [4.69, 9.17) is 0 Å². The summed E-state index contributed by atoms with van der Waals surface area (Å²) in [5.41, 5.74) is 0. The van der Waals surface area contributed by atoms with Gasteiger partial charge in [0.25, 0.3) is 0 Å². The van der Waals surface area contributed by atoms with E-state index in [0.29, 0.717) is 0 Å². The summed E-state index contributed by atoms with van der Waals surface area (Å²) in [6, 6.07) is 0. The molecule has 1 unspecified atom stereocenters. The van der Waals surface area contributed by atoms with Crippen molar-refractivity contribution in [1.29, 1.82) is 0 Å². The summed E-state index contributed by atoms with van der Waals surface area (Å²) in [5.74, 6) is 0. The van der Waals surface area contributed by atoms with Crippen LogP contribution in [0.15, 0.2) is 0 Å². The fourth-order valence-electron chi connectivity index (χ4n) is 1.75. The van der Waals surface area contributed by atoms with E-state index in [1.165, 1.54) is 0 Å². The zero-order valence-corrected chi connectivity index (χ0v) is 10.5. The lowest BCUT2D eigenvalue weighted by Gasteiger charge is -2.33. The van der Waals surface area contributed by atoms with Crippen molar-refractivity contribution in [1.82, 2.24) is 5.32 Å². The molecule has 0 aromatic heterocycles. The van der Waals surface area contributed by atoms with Crippen LogP contribution in [0.3, 0.4) is 0 Å². The Bertz CT molecular complexity index is 163. The molecule has 0 aliphatic carbocycles. The molecule has 0 saturated heterocycles. The molecule has 0 aliphatic rings. The maximum absolute atomic E-state index is 9.89. The van der Waals surface area contributed by atoms with Crippen LogP contribution in [0.4, 0.5) is 0 Å². The molecular weight excluding hydrogens is 178 g/mol. The van der Waals surface area contributed by atoms with Gasteiger partial charge in [-0.15, -0.1) is 0 Å². The maximum Gasteiger partial charge on any atom is 0.152 e. The smallest absolute Gasteiger partial charge is 0.152 e. The van der Waals surface area contributed by atoms with E-state index in [-0.39, 0.29) is 6.10 Å². The molecule has 2 N–H and O–H groups in total. The van der Waals surface area contributed by atoms with Crippen LogP contribution in [0.2, 0.25) is 0 Å². The fourth-order valence-corrected chi connectivity index (χ4v) is 1.75. The van der Waals surface area contributed by atoms with Gasteiger partial charge in [-0.3, -0.25) is 5.32 Å². The highest BCUT2D eigenvalue weighted by atomic mass is 16.3. The molecule has 4 nitrogen and oxygen atoms in total. The molecule has 14 heavy (non-hydrogen) atoms. The van der Waals surface area contributed by atoms with Crippen LogP contribution in [0.25, 0.3) is 0 Å². The van der Waals surface area contributed by atoms with Crippen molar-refractivity contribution >= 4 is 0 Å². The summed E-state index contributed by atoms with van der Waals surface area (Å²) in [4.78, 5) is 0. The number of nitrogens with zero attached hydrogens (tertiary/aromatic N) is 2. The fraction of sp³-hybridized carbons (Fsp3) is 1.00. The number of quaternary nitrogens is 2. The third-order valence-corrected chi connectivity index (χ3v) is 2.05. The van der Waals surface area contributed by atoms with Gasteiger partial charge in [-0.1, -0.05) is 0 Å². The zero-order valence-electron chi connectivity index (χ0n) is 10.5. The molecule has 0 saturated carbocycles. The van der Waals surface area contributed by atoms with Crippen molar-refractivity contribution in [2.75, 3.05) is 62.0 Å². The molecule has 0 aromatic rings. The van der Waals surface area contributed by atoms with Crippen molar-refractivity contribution in [3.8, 4) is 0 Å². The quantitative estimate of drug-likeness (QED) is 0.444. The van der Waals surface area contributed by atoms with Crippen molar-refractivity contribution in [3.63, 3.8) is 0 Å². The third kappa shape index (κ3) is 7.26. The summed E-state index contributed by atoms with van der Waals surface area (Å²) in [7, 11) is 12.5. The first-order valence-electron chi connectivity index (χ1n) is 5.11. The predicted octanol–water partition coefficient (Wildman–Crippen LogP) is -0.693. The number of rotatable bonds is 6. The standard InChI is InChI=1S/C10H27N3O/c1-11-9-13(5,6)8-10(14)7-12(2,3)4/h10-11,14H,7-9H2,1-6H3/q+2. The van der Waals surface area contributed by atoms with Gasteiger partial charge in [-0.25, -0.2) is 0 Å². The van der Waals surface area contributed by atoms with E-state index >= 15 is 0 Å². The highest BCUT2D eigenvalue weighted by Crippen LogP contribution is 2.01. The Balaban J connectivity index is 3.98. The molecule has 0 radical (unpaired) electrons. The van der Waals surface area contributed by atoms with Crippen LogP contribution in [0.5, 0.6) is 0 Å². The van der Waals surface area contributed by atoms with Crippen LogP contribution < -0.4 is 5.32 Å². The zero-order chi connectivity index (χ0) is 11.4. The molecule has 1 atom stereocenters. The number of likely N-dealkylation sites (N-methyl/N-ethyl adjacent to an activating group) is 2. The topological polar surface area (TPSA) is 32.3 Å². The van der Waals surface area contributed by atoms with Gasteiger partial charge in [-0.05, 0) is 7.05 Å². The van der Waals surface area contributed by atoms with Crippen LogP contribution in [0.1, 0.15) is 0 Å². The van der Waals surface area contributed by atoms with E-state index in [1.54, 1.807) is 0 Å². The molecule has 0 rings (SSSR count). The highest BCUT2D eigenvalue weighted by molar-refractivity contribution is 4.51. The van der Waals surface area contributed by atoms with E-state index in [9.17, 15) is 5.11 Å². The van der Waals surface area contributed by atoms with E-state index in [2.05, 4.69) is 40.6 Å². The largest absolute Gasteiger partial charge is 0.382 e. The highest BCUT2D eigenvalue weighted by Gasteiger charge is 2.24. The SMILES string of the molecule is CNC[N+](C)(C)CC(O)C[N+](C)(C)C. The monoisotopic (exact) mass is 205 g/mol. The molecule has 0 aliphatic heterocycles. The molecule has 0 aromatic carbocycles. The second-order valence-electron chi connectivity index (χ2n) is 5.76. The molecule has 0 bridgehead atoms. The third-order valence-electron chi connectivity index (χ3n) is 2.05. The Morgan fingerprint density at radius 2 is 1.57 bits per heavy atom. The minimum absolute atomic E-state index is 0.238. The van der Waals surface area contributed by atoms with Gasteiger partial charge in [0, 0.05) is 0 Å². The Morgan fingerprint density at radius 1 is 1.07 bits per heavy atom. The molecule has 0 fully saturated rings. The lowest BCUT2D eigenvalue weighted by molar-refractivity contribution is -0.908. The van der Waals surface area contributed by atoms with Crippen molar-refractivity contribution in [2.45, 2.75) is 6.10 Å². The first-order valence-corrected chi connectivity index (χ1v) is 5.11. The van der Waals surface area contributed by atoms with Crippen molar-refractivity contribution in [3.05, 3.63) is 0 Å². The summed E-state index contributed by atoms with van der Waals surface area (Å²) < 4.78 is 1.61. The minimum Gasteiger partial charge on any atom is -0.382 e. The first-order chi connectivity index (χ1) is 6.16. The summed E-state index contributed by atoms with van der Waals surface area (Å²) in [5, 5.41) is 13.0. The van der Waals surface area contributed by atoms with Crippen LogP contribution >= 0.6 is 0 Å². The first kappa shape index (κ1) is 13.8. The van der Waals surface area contributed by atoms with Gasteiger partial charge in [0.2, 0.25) is 0 Å². The van der Waals surface area contributed by atoms with E-state index in [0.717, 1.165) is 28.7 Å². The number of hydrogen-bond donors (Lipinski definition) is 2. The molecule has 0 spiro atoms. The Labute approximate surface area is 88.3 Å². The van der Waals surface area contributed by atoms with Crippen molar-refractivity contribution in [2.24, 2.45) is 0 Å². The average Bonchev–Trinajstić information content (AvgIpc) is 1.78. The molecule has 4 heteroatoms.